The van der Waals surface area contributed by atoms with E-state index in [-0.39, 0.29) is 17.0 Å². The molecule has 3 aromatic rings. The zero-order chi connectivity index (χ0) is 25.5. The molecule has 0 fully saturated rings. The SMILES string of the molecule is COc1ccc(-n2c3c(c(=O)[nH]c2=O)[C@@](NC(=O)c2ccccc2OC)(C(F)(F)F)C(=O)N3)cc1. The number of hydrogen-bond acceptors (Lipinski definition) is 6. The van der Waals surface area contributed by atoms with Crippen LogP contribution in [0.2, 0.25) is 0 Å². The van der Waals surface area contributed by atoms with Crippen molar-refractivity contribution in [3.8, 4) is 17.2 Å². The smallest absolute Gasteiger partial charge is 0.425 e. The van der Waals surface area contributed by atoms with Crippen molar-refractivity contribution in [2.24, 2.45) is 0 Å². The summed E-state index contributed by atoms with van der Waals surface area (Å²) in [7, 11) is 2.60. The van der Waals surface area contributed by atoms with Gasteiger partial charge in [-0.2, -0.15) is 13.2 Å². The molecule has 3 N–H and O–H groups in total. The summed E-state index contributed by atoms with van der Waals surface area (Å²) in [5.41, 5.74) is -7.86. The highest BCUT2D eigenvalue weighted by Crippen LogP contribution is 2.45. The molecule has 1 aliphatic rings. The number of ether oxygens (including phenoxy) is 2. The maximum absolute atomic E-state index is 14.6. The van der Waals surface area contributed by atoms with Crippen LogP contribution in [0, 0.1) is 0 Å². The van der Waals surface area contributed by atoms with Gasteiger partial charge in [0.1, 0.15) is 22.9 Å². The molecular formula is C22H17F3N4O6. The third-order valence-corrected chi connectivity index (χ3v) is 5.47. The van der Waals surface area contributed by atoms with Crippen LogP contribution in [0.4, 0.5) is 19.0 Å². The molecule has 1 atom stereocenters. The Labute approximate surface area is 194 Å². The number of hydrogen-bond donors (Lipinski definition) is 3. The van der Waals surface area contributed by atoms with E-state index in [2.05, 4.69) is 0 Å². The summed E-state index contributed by atoms with van der Waals surface area (Å²) in [5.74, 6) is -3.49. The minimum absolute atomic E-state index is 0.0256. The largest absolute Gasteiger partial charge is 0.497 e. The van der Waals surface area contributed by atoms with Gasteiger partial charge >= 0.3 is 11.9 Å². The summed E-state index contributed by atoms with van der Waals surface area (Å²) in [6, 6.07) is 10.9. The highest BCUT2D eigenvalue weighted by atomic mass is 19.4. The summed E-state index contributed by atoms with van der Waals surface area (Å²) in [6.45, 7) is 0. The van der Waals surface area contributed by atoms with E-state index >= 15 is 0 Å². The Hall–Kier alpha value is -4.55. The Morgan fingerprint density at radius 1 is 1.00 bits per heavy atom. The van der Waals surface area contributed by atoms with E-state index in [0.29, 0.717) is 10.3 Å². The second-order valence-electron chi connectivity index (χ2n) is 7.37. The number of benzene rings is 2. The minimum atomic E-state index is -5.48. The van der Waals surface area contributed by atoms with Crippen LogP contribution in [-0.2, 0) is 10.3 Å². The van der Waals surface area contributed by atoms with E-state index in [0.717, 1.165) is 0 Å². The third-order valence-electron chi connectivity index (χ3n) is 5.47. The molecule has 0 aliphatic carbocycles. The first-order chi connectivity index (χ1) is 16.5. The summed E-state index contributed by atoms with van der Waals surface area (Å²) in [4.78, 5) is 52.9. The molecule has 35 heavy (non-hydrogen) atoms. The molecule has 10 nitrogen and oxygen atoms in total. The highest BCUT2D eigenvalue weighted by molar-refractivity contribution is 6.10. The molecule has 0 unspecified atom stereocenters. The fourth-order valence-electron chi connectivity index (χ4n) is 3.83. The third kappa shape index (κ3) is 3.61. The Morgan fingerprint density at radius 2 is 1.66 bits per heavy atom. The standard InChI is InChI=1S/C22H17F3N4O6/c1-34-12-9-7-11(8-10-12)29-16-15(18(31)27-20(29)33)21(19(32)26-16,22(23,24)25)28-17(30)13-5-3-4-6-14(13)35-2/h3-10H,1-2H3,(H,26,32)(H,28,30)(H,27,31,33)/t21-/m0/s1. The number of fused-ring (bicyclic) bond motifs is 1. The van der Waals surface area contributed by atoms with Gasteiger partial charge in [-0.3, -0.25) is 19.4 Å². The van der Waals surface area contributed by atoms with Crippen LogP contribution in [0.3, 0.4) is 0 Å². The average Bonchev–Trinajstić information content (AvgIpc) is 3.12. The monoisotopic (exact) mass is 490 g/mol. The molecule has 1 aliphatic heterocycles. The fourth-order valence-corrected chi connectivity index (χ4v) is 3.83. The normalized spacial score (nSPS) is 16.9. The number of H-pyrrole nitrogens is 1. The predicted molar refractivity (Wildman–Crippen MR) is 116 cm³/mol. The number of amides is 2. The van der Waals surface area contributed by atoms with Gasteiger partial charge < -0.3 is 20.1 Å². The number of alkyl halides is 3. The van der Waals surface area contributed by atoms with Crippen LogP contribution in [0.5, 0.6) is 11.5 Å². The molecule has 2 heterocycles. The first-order valence-electron chi connectivity index (χ1n) is 9.93. The van der Waals surface area contributed by atoms with E-state index in [1.54, 1.807) is 10.3 Å². The number of nitrogens with zero attached hydrogens (tertiary/aromatic N) is 1. The molecule has 2 amide bonds. The zero-order valence-electron chi connectivity index (χ0n) is 18.1. The number of carbonyl (C=O) groups is 2. The molecule has 4 rings (SSSR count). The highest BCUT2D eigenvalue weighted by Gasteiger charge is 2.68. The molecule has 13 heteroatoms. The van der Waals surface area contributed by atoms with Gasteiger partial charge in [0.2, 0.25) is 0 Å². The molecule has 0 radical (unpaired) electrons. The lowest BCUT2D eigenvalue weighted by atomic mass is 9.91. The summed E-state index contributed by atoms with van der Waals surface area (Å²) < 4.78 is 54.4. The number of carbonyl (C=O) groups excluding carboxylic acids is 2. The maximum Gasteiger partial charge on any atom is 0.425 e. The van der Waals surface area contributed by atoms with Crippen LogP contribution in [-0.4, -0.2) is 41.8 Å². The number of nitrogens with one attached hydrogen (secondary N) is 3. The number of aromatic amines is 1. The number of methoxy groups -OCH3 is 2. The van der Waals surface area contributed by atoms with Gasteiger partial charge in [-0.15, -0.1) is 0 Å². The quantitative estimate of drug-likeness (QED) is 0.499. The average molecular weight is 490 g/mol. The van der Waals surface area contributed by atoms with Gasteiger partial charge in [-0.25, -0.2) is 9.36 Å². The van der Waals surface area contributed by atoms with E-state index in [4.69, 9.17) is 9.47 Å². The lowest BCUT2D eigenvalue weighted by Gasteiger charge is -2.30. The summed E-state index contributed by atoms with van der Waals surface area (Å²) in [5, 5.41) is 3.64. The van der Waals surface area contributed by atoms with Gasteiger partial charge in [0.05, 0.1) is 25.5 Å². The van der Waals surface area contributed by atoms with Gasteiger partial charge in [-0.1, -0.05) is 12.1 Å². The second-order valence-corrected chi connectivity index (χ2v) is 7.37. The first-order valence-corrected chi connectivity index (χ1v) is 9.93. The number of rotatable bonds is 5. The molecule has 0 bridgehead atoms. The van der Waals surface area contributed by atoms with Crippen molar-refractivity contribution >= 4 is 17.6 Å². The van der Waals surface area contributed by atoms with Crippen LogP contribution in [0.25, 0.3) is 5.69 Å². The van der Waals surface area contributed by atoms with Crippen LogP contribution >= 0.6 is 0 Å². The number of anilines is 1. The summed E-state index contributed by atoms with van der Waals surface area (Å²) in [6.07, 6.45) is -5.48. The van der Waals surface area contributed by atoms with E-state index < -0.39 is 46.2 Å². The number of aromatic nitrogens is 2. The van der Waals surface area contributed by atoms with Gasteiger partial charge in [0.15, 0.2) is 0 Å². The van der Waals surface area contributed by atoms with Crippen LogP contribution in [0.1, 0.15) is 15.9 Å². The number of para-hydroxylation sites is 1. The van der Waals surface area contributed by atoms with Gasteiger partial charge in [0.25, 0.3) is 22.9 Å². The van der Waals surface area contributed by atoms with Gasteiger partial charge in [0, 0.05) is 0 Å². The van der Waals surface area contributed by atoms with Crippen molar-refractivity contribution in [1.29, 1.82) is 0 Å². The van der Waals surface area contributed by atoms with Gasteiger partial charge in [-0.05, 0) is 36.4 Å². The molecular weight excluding hydrogens is 473 g/mol. The van der Waals surface area contributed by atoms with Crippen LogP contribution in [0.15, 0.2) is 58.1 Å². The van der Waals surface area contributed by atoms with Crippen molar-refractivity contribution in [3.05, 3.63) is 80.5 Å². The zero-order valence-corrected chi connectivity index (χ0v) is 18.1. The van der Waals surface area contributed by atoms with E-state index in [1.165, 1.54) is 62.8 Å². The first kappa shape index (κ1) is 23.6. The van der Waals surface area contributed by atoms with E-state index in [9.17, 15) is 32.3 Å². The molecule has 2 aromatic carbocycles. The summed E-state index contributed by atoms with van der Waals surface area (Å²) >= 11 is 0. The van der Waals surface area contributed by atoms with E-state index in [1.807, 2.05) is 5.32 Å². The molecule has 0 saturated heterocycles. The second kappa shape index (κ2) is 8.34. The lowest BCUT2D eigenvalue weighted by Crippen LogP contribution is -2.62. The van der Waals surface area contributed by atoms with Crippen molar-refractivity contribution in [2.45, 2.75) is 11.7 Å². The molecule has 1 aromatic heterocycles. The molecule has 182 valence electrons. The molecule has 0 spiro atoms. The van der Waals surface area contributed by atoms with Crippen LogP contribution < -0.4 is 31.4 Å². The Kier molecular flexibility index (Phi) is 5.63. The Morgan fingerprint density at radius 3 is 2.26 bits per heavy atom. The maximum atomic E-state index is 14.6. The van der Waals surface area contributed by atoms with Crippen molar-refractivity contribution in [1.82, 2.24) is 14.9 Å². The fraction of sp³-hybridized carbons (Fsp3) is 0.182. The molecule has 0 saturated carbocycles. The Bertz CT molecular complexity index is 1450. The van der Waals surface area contributed by atoms with Crippen molar-refractivity contribution in [2.75, 3.05) is 19.5 Å². The van der Waals surface area contributed by atoms with Crippen molar-refractivity contribution < 1.29 is 32.2 Å². The topological polar surface area (TPSA) is 132 Å². The minimum Gasteiger partial charge on any atom is -0.497 e. The van der Waals surface area contributed by atoms with Crippen molar-refractivity contribution in [3.63, 3.8) is 0 Å². The predicted octanol–water partition coefficient (Wildman–Crippen LogP) is 1.68. The number of halogens is 3. The lowest BCUT2D eigenvalue weighted by molar-refractivity contribution is -0.196. The Balaban J connectivity index is 1.96.